The predicted molar refractivity (Wildman–Crippen MR) is 98.0 cm³/mol. The molecule has 136 valence electrons. The Kier molecular flexibility index (Phi) is 3.51. The van der Waals surface area contributed by atoms with Crippen LogP contribution in [0.3, 0.4) is 0 Å². The number of carbonyl (C=O) groups excluding carboxylic acids is 1. The fourth-order valence-electron chi connectivity index (χ4n) is 3.17. The van der Waals surface area contributed by atoms with Crippen molar-refractivity contribution in [3.05, 3.63) is 52.6 Å². The number of nitrogens with one attached hydrogen (secondary N) is 1. The summed E-state index contributed by atoms with van der Waals surface area (Å²) in [7, 11) is 0. The summed E-state index contributed by atoms with van der Waals surface area (Å²) < 4.78 is 13.0. The van der Waals surface area contributed by atoms with Crippen molar-refractivity contribution in [2.24, 2.45) is 0 Å². The number of rotatable bonds is 3. The van der Waals surface area contributed by atoms with E-state index >= 15 is 0 Å². The number of fused-ring (bicyclic) bond motifs is 2. The third-order valence-electron chi connectivity index (χ3n) is 4.43. The van der Waals surface area contributed by atoms with Gasteiger partial charge in [-0.15, -0.1) is 21.5 Å². The first kappa shape index (κ1) is 16.0. The molecule has 9 heteroatoms. The molecule has 0 saturated carbocycles. The van der Waals surface area contributed by atoms with Crippen LogP contribution in [0.5, 0.6) is 5.75 Å². The minimum absolute atomic E-state index is 0.182. The summed E-state index contributed by atoms with van der Waals surface area (Å²) in [6.45, 7) is 4.11. The lowest BCUT2D eigenvalue weighted by atomic mass is 10.1. The third-order valence-corrected chi connectivity index (χ3v) is 5.34. The number of hydrogen-bond donors (Lipinski definition) is 1. The zero-order valence-electron chi connectivity index (χ0n) is 14.6. The highest BCUT2D eigenvalue weighted by Crippen LogP contribution is 2.35. The van der Waals surface area contributed by atoms with Crippen molar-refractivity contribution in [2.75, 3.05) is 6.61 Å². The van der Waals surface area contributed by atoms with E-state index in [1.807, 2.05) is 35.7 Å². The lowest BCUT2D eigenvalue weighted by molar-refractivity contribution is 0.0924. The van der Waals surface area contributed by atoms with Gasteiger partial charge in [0.15, 0.2) is 4.96 Å². The highest BCUT2D eigenvalue weighted by atomic mass is 32.1. The van der Waals surface area contributed by atoms with Crippen molar-refractivity contribution in [3.63, 3.8) is 0 Å². The Hall–Kier alpha value is -3.20. The average Bonchev–Trinajstić information content (AvgIpc) is 3.39. The van der Waals surface area contributed by atoms with Gasteiger partial charge in [0, 0.05) is 29.1 Å². The van der Waals surface area contributed by atoms with E-state index in [-0.39, 0.29) is 11.9 Å². The zero-order valence-corrected chi connectivity index (χ0v) is 15.4. The lowest BCUT2D eigenvalue weighted by Crippen LogP contribution is -2.30. The topological polar surface area (TPSA) is 94.6 Å². The molecule has 3 aromatic heterocycles. The third kappa shape index (κ3) is 2.67. The first-order valence-electron chi connectivity index (χ1n) is 8.40. The number of carbonyl (C=O) groups is 1. The van der Waals surface area contributed by atoms with Gasteiger partial charge in [-0.3, -0.25) is 9.20 Å². The SMILES string of the molecule is Cc1nnc(-c2ccc3c(c2)OC[C@H]3NC(=O)c2cnc3sc(C)cn23)o1. The molecule has 0 spiro atoms. The standard InChI is InChI=1S/C18H15N5O3S/c1-9-7-23-14(6-19-18(23)27-9)16(24)20-13-8-25-15-5-11(3-4-12(13)15)17-22-21-10(2)26-17/h3-7,13H,8H2,1-2H3,(H,20,24)/t13-/m1/s1. The van der Waals surface area contributed by atoms with Gasteiger partial charge in [-0.25, -0.2) is 4.98 Å². The van der Waals surface area contributed by atoms with Crippen LogP contribution >= 0.6 is 11.3 Å². The molecule has 0 saturated heterocycles. The van der Waals surface area contributed by atoms with Gasteiger partial charge in [-0.1, -0.05) is 6.07 Å². The van der Waals surface area contributed by atoms with Gasteiger partial charge >= 0.3 is 0 Å². The molecule has 8 nitrogen and oxygen atoms in total. The number of ether oxygens (including phenoxy) is 1. The lowest BCUT2D eigenvalue weighted by Gasteiger charge is -2.11. The van der Waals surface area contributed by atoms with E-state index in [0.29, 0.717) is 29.8 Å². The minimum atomic E-state index is -0.226. The molecular formula is C18H15N5O3S. The van der Waals surface area contributed by atoms with E-state index in [0.717, 1.165) is 21.0 Å². The van der Waals surface area contributed by atoms with E-state index in [9.17, 15) is 4.79 Å². The number of aromatic nitrogens is 4. The molecular weight excluding hydrogens is 366 g/mol. The van der Waals surface area contributed by atoms with Crippen LogP contribution in [0, 0.1) is 13.8 Å². The van der Waals surface area contributed by atoms with Crippen molar-refractivity contribution in [1.29, 1.82) is 0 Å². The average molecular weight is 381 g/mol. The summed E-state index contributed by atoms with van der Waals surface area (Å²) in [6.07, 6.45) is 3.51. The van der Waals surface area contributed by atoms with Crippen LogP contribution in [0.2, 0.25) is 0 Å². The molecule has 1 aromatic carbocycles. The molecule has 1 N–H and O–H groups in total. The van der Waals surface area contributed by atoms with Gasteiger partial charge in [0.1, 0.15) is 18.1 Å². The number of thiazole rings is 1. The number of amides is 1. The maximum absolute atomic E-state index is 12.7. The molecule has 1 aliphatic rings. The second-order valence-electron chi connectivity index (χ2n) is 6.35. The molecule has 1 atom stereocenters. The van der Waals surface area contributed by atoms with Crippen molar-refractivity contribution in [2.45, 2.75) is 19.9 Å². The number of hydrogen-bond acceptors (Lipinski definition) is 7. The molecule has 4 aromatic rings. The van der Waals surface area contributed by atoms with Crippen molar-refractivity contribution < 1.29 is 13.9 Å². The Morgan fingerprint density at radius 2 is 2.22 bits per heavy atom. The summed E-state index contributed by atoms with van der Waals surface area (Å²) in [5, 5.41) is 10.9. The van der Waals surface area contributed by atoms with Crippen LogP contribution in [-0.4, -0.2) is 32.1 Å². The number of imidazole rings is 1. The van der Waals surface area contributed by atoms with Crippen LogP contribution in [0.25, 0.3) is 16.4 Å². The van der Waals surface area contributed by atoms with E-state index in [1.165, 1.54) is 0 Å². The molecule has 5 rings (SSSR count). The van der Waals surface area contributed by atoms with E-state index in [4.69, 9.17) is 9.15 Å². The van der Waals surface area contributed by atoms with Gasteiger partial charge in [-0.2, -0.15) is 0 Å². The smallest absolute Gasteiger partial charge is 0.270 e. The highest BCUT2D eigenvalue weighted by Gasteiger charge is 2.28. The second-order valence-corrected chi connectivity index (χ2v) is 7.57. The highest BCUT2D eigenvalue weighted by molar-refractivity contribution is 7.17. The Morgan fingerprint density at radius 3 is 3.04 bits per heavy atom. The Bertz CT molecular complexity index is 1180. The second kappa shape index (κ2) is 5.92. The first-order chi connectivity index (χ1) is 13.1. The first-order valence-corrected chi connectivity index (χ1v) is 9.22. The van der Waals surface area contributed by atoms with E-state index in [1.54, 1.807) is 24.5 Å². The van der Waals surface area contributed by atoms with Crippen molar-refractivity contribution >= 4 is 22.2 Å². The molecule has 0 fully saturated rings. The van der Waals surface area contributed by atoms with E-state index < -0.39 is 0 Å². The Morgan fingerprint density at radius 1 is 1.33 bits per heavy atom. The monoisotopic (exact) mass is 381 g/mol. The molecule has 0 bridgehead atoms. The van der Waals surface area contributed by atoms with Crippen molar-refractivity contribution in [1.82, 2.24) is 24.9 Å². The van der Waals surface area contributed by atoms with Gasteiger partial charge in [0.05, 0.1) is 12.2 Å². The van der Waals surface area contributed by atoms with Crippen LogP contribution in [0.15, 0.2) is 35.0 Å². The predicted octanol–water partition coefficient (Wildman–Crippen LogP) is 2.93. The van der Waals surface area contributed by atoms with Gasteiger partial charge in [-0.05, 0) is 19.1 Å². The van der Waals surface area contributed by atoms with Crippen LogP contribution < -0.4 is 10.1 Å². The van der Waals surface area contributed by atoms with Crippen molar-refractivity contribution in [3.8, 4) is 17.2 Å². The van der Waals surface area contributed by atoms with Gasteiger partial charge in [0.2, 0.25) is 11.8 Å². The number of benzene rings is 1. The molecule has 1 amide bonds. The molecule has 1 aliphatic heterocycles. The Balaban J connectivity index is 1.39. The summed E-state index contributed by atoms with van der Waals surface area (Å²) >= 11 is 1.55. The number of aryl methyl sites for hydroxylation is 2. The summed E-state index contributed by atoms with van der Waals surface area (Å²) in [4.78, 5) is 18.9. The molecule has 0 radical (unpaired) electrons. The fraction of sp³-hybridized carbons (Fsp3) is 0.222. The summed E-state index contributed by atoms with van der Waals surface area (Å²) in [5.41, 5.74) is 2.22. The van der Waals surface area contributed by atoms with Gasteiger partial charge in [0.25, 0.3) is 5.91 Å². The van der Waals surface area contributed by atoms with E-state index in [2.05, 4.69) is 20.5 Å². The maximum Gasteiger partial charge on any atom is 0.270 e. The Labute approximate surface area is 157 Å². The van der Waals surface area contributed by atoms with Crippen LogP contribution in [-0.2, 0) is 0 Å². The summed E-state index contributed by atoms with van der Waals surface area (Å²) in [6, 6.07) is 5.44. The molecule has 0 aliphatic carbocycles. The zero-order chi connectivity index (χ0) is 18.5. The van der Waals surface area contributed by atoms with Crippen LogP contribution in [0.1, 0.15) is 32.9 Å². The molecule has 4 heterocycles. The largest absolute Gasteiger partial charge is 0.491 e. The quantitative estimate of drug-likeness (QED) is 0.586. The normalized spacial score (nSPS) is 15.7. The molecule has 27 heavy (non-hydrogen) atoms. The fourth-order valence-corrected chi connectivity index (χ4v) is 3.97. The minimum Gasteiger partial charge on any atom is -0.491 e. The molecule has 0 unspecified atom stereocenters. The number of nitrogens with zero attached hydrogens (tertiary/aromatic N) is 4. The summed E-state index contributed by atoms with van der Waals surface area (Å²) in [5.74, 6) is 1.48. The van der Waals surface area contributed by atoms with Gasteiger partial charge < -0.3 is 14.5 Å². The maximum atomic E-state index is 12.7. The van der Waals surface area contributed by atoms with Crippen LogP contribution in [0.4, 0.5) is 0 Å².